The molecule has 0 saturated heterocycles. The zero-order valence-corrected chi connectivity index (χ0v) is 26.0. The van der Waals surface area contributed by atoms with Crippen molar-refractivity contribution < 1.29 is 19.4 Å². The summed E-state index contributed by atoms with van der Waals surface area (Å²) in [5, 5.41) is 21.1. The van der Waals surface area contributed by atoms with Crippen LogP contribution in [0.4, 0.5) is 0 Å². The molecule has 1 unspecified atom stereocenters. The normalized spacial score (nSPS) is 12.0. The monoisotopic (exact) mass is 594 g/mol. The maximum absolute atomic E-state index is 12.8. The molecular weight excluding hydrogens is 552 g/mol. The highest BCUT2D eigenvalue weighted by Gasteiger charge is 2.22. The third-order valence-electron chi connectivity index (χ3n) is 7.50. The molecule has 4 aromatic rings. The number of nitrogens with zero attached hydrogens (tertiary/aromatic N) is 3. The second-order valence-corrected chi connectivity index (χ2v) is 12.0. The standard InChI is InChI=1S/C36H42N4O4/c1-5-6-7-8-9-22-44-30-20-16-26(17-21-30)32-24-37-33(40-39-32)27-12-10-25(11-13-27)23-31(35(42)43)38-34(41)28-14-18-29(19-15-28)36(2,3)4/h10-21,24,31H,5-9,22-23H2,1-4H3,(H,38,41)(H,42,43). The largest absolute Gasteiger partial charge is 0.494 e. The van der Waals surface area contributed by atoms with E-state index in [2.05, 4.69) is 48.2 Å². The van der Waals surface area contributed by atoms with Crippen LogP contribution in [0.15, 0.2) is 79.0 Å². The second-order valence-electron chi connectivity index (χ2n) is 12.0. The fourth-order valence-corrected chi connectivity index (χ4v) is 4.75. The van der Waals surface area contributed by atoms with Gasteiger partial charge in [-0.1, -0.05) is 89.8 Å². The molecule has 1 aromatic heterocycles. The lowest BCUT2D eigenvalue weighted by Gasteiger charge is -2.19. The van der Waals surface area contributed by atoms with Gasteiger partial charge < -0.3 is 15.2 Å². The first kappa shape index (κ1) is 32.3. The summed E-state index contributed by atoms with van der Waals surface area (Å²) in [5.41, 5.74) is 4.55. The summed E-state index contributed by atoms with van der Waals surface area (Å²) < 4.78 is 5.85. The quantitative estimate of drug-likeness (QED) is 0.148. The summed E-state index contributed by atoms with van der Waals surface area (Å²) in [7, 11) is 0. The molecule has 44 heavy (non-hydrogen) atoms. The van der Waals surface area contributed by atoms with Crippen molar-refractivity contribution in [3.8, 4) is 28.4 Å². The van der Waals surface area contributed by atoms with E-state index in [1.807, 2.05) is 60.7 Å². The van der Waals surface area contributed by atoms with Crippen molar-refractivity contribution in [2.45, 2.75) is 77.7 Å². The fraction of sp³-hybridized carbons (Fsp3) is 0.361. The number of amides is 1. The van der Waals surface area contributed by atoms with Crippen molar-refractivity contribution in [2.24, 2.45) is 0 Å². The number of carbonyl (C=O) groups is 2. The van der Waals surface area contributed by atoms with Gasteiger partial charge in [0.25, 0.3) is 5.91 Å². The molecule has 0 aliphatic heterocycles. The number of aliphatic carboxylic acids is 1. The predicted octanol–water partition coefficient (Wildman–Crippen LogP) is 7.28. The molecule has 1 atom stereocenters. The Labute approximate surface area is 259 Å². The van der Waals surface area contributed by atoms with Gasteiger partial charge in [0.05, 0.1) is 12.8 Å². The average molecular weight is 595 g/mol. The topological polar surface area (TPSA) is 114 Å². The Morgan fingerprint density at radius 2 is 1.50 bits per heavy atom. The number of carbonyl (C=O) groups excluding carboxylic acids is 1. The molecule has 0 fully saturated rings. The van der Waals surface area contributed by atoms with Crippen molar-refractivity contribution in [3.63, 3.8) is 0 Å². The molecule has 8 nitrogen and oxygen atoms in total. The number of carboxylic acid groups (broad SMARTS) is 1. The summed E-state index contributed by atoms with van der Waals surface area (Å²) in [6.07, 6.45) is 7.83. The molecule has 1 heterocycles. The Morgan fingerprint density at radius 3 is 2.09 bits per heavy atom. The minimum atomic E-state index is -1.10. The molecule has 230 valence electrons. The summed E-state index contributed by atoms with van der Waals surface area (Å²) in [6, 6.07) is 21.2. The van der Waals surface area contributed by atoms with Crippen LogP contribution in [-0.2, 0) is 16.6 Å². The van der Waals surface area contributed by atoms with Gasteiger partial charge >= 0.3 is 5.97 Å². The van der Waals surface area contributed by atoms with Gasteiger partial charge in [0, 0.05) is 23.1 Å². The first-order chi connectivity index (χ1) is 21.1. The Kier molecular flexibility index (Phi) is 11.2. The first-order valence-corrected chi connectivity index (χ1v) is 15.3. The van der Waals surface area contributed by atoms with Crippen LogP contribution in [0.5, 0.6) is 5.75 Å². The lowest BCUT2D eigenvalue weighted by Crippen LogP contribution is -2.42. The van der Waals surface area contributed by atoms with Crippen LogP contribution in [-0.4, -0.2) is 44.8 Å². The van der Waals surface area contributed by atoms with Crippen molar-refractivity contribution in [1.29, 1.82) is 0 Å². The third kappa shape index (κ3) is 9.20. The number of carboxylic acids is 1. The molecule has 4 rings (SSSR count). The maximum atomic E-state index is 12.8. The summed E-state index contributed by atoms with van der Waals surface area (Å²) in [5.74, 6) is -0.223. The van der Waals surface area contributed by atoms with Crippen molar-refractivity contribution in [2.75, 3.05) is 6.61 Å². The van der Waals surface area contributed by atoms with Gasteiger partial charge in [0.1, 0.15) is 17.5 Å². The number of aromatic nitrogens is 3. The lowest BCUT2D eigenvalue weighted by atomic mass is 9.86. The maximum Gasteiger partial charge on any atom is 0.326 e. The molecule has 0 spiro atoms. The minimum Gasteiger partial charge on any atom is -0.494 e. The lowest BCUT2D eigenvalue weighted by molar-refractivity contribution is -0.139. The van der Waals surface area contributed by atoms with Crippen molar-refractivity contribution in [3.05, 3.63) is 95.7 Å². The van der Waals surface area contributed by atoms with E-state index in [9.17, 15) is 14.7 Å². The molecule has 0 radical (unpaired) electrons. The van der Waals surface area contributed by atoms with Crippen LogP contribution >= 0.6 is 0 Å². The van der Waals surface area contributed by atoms with Crippen molar-refractivity contribution in [1.82, 2.24) is 20.5 Å². The molecule has 0 bridgehead atoms. The van der Waals surface area contributed by atoms with E-state index in [0.29, 0.717) is 17.1 Å². The smallest absolute Gasteiger partial charge is 0.326 e. The Morgan fingerprint density at radius 1 is 0.841 bits per heavy atom. The Bertz CT molecular complexity index is 1490. The molecule has 0 aliphatic carbocycles. The number of hydrogen-bond donors (Lipinski definition) is 2. The van der Waals surface area contributed by atoms with Gasteiger partial charge in [-0.05, 0) is 59.4 Å². The summed E-state index contributed by atoms with van der Waals surface area (Å²) >= 11 is 0. The molecule has 3 aromatic carbocycles. The number of unbranched alkanes of at least 4 members (excludes halogenated alkanes) is 4. The van der Waals surface area contributed by atoms with E-state index in [4.69, 9.17) is 4.74 Å². The minimum absolute atomic E-state index is 0.0391. The SMILES string of the molecule is CCCCCCCOc1ccc(-c2cnc(-c3ccc(CC(NC(=O)c4ccc(C(C)(C)C)cc4)C(=O)O)cc3)nn2)cc1. The van der Waals surface area contributed by atoms with Crippen LogP contribution in [0.2, 0.25) is 0 Å². The fourth-order valence-electron chi connectivity index (χ4n) is 4.75. The van der Waals surface area contributed by atoms with E-state index in [-0.39, 0.29) is 11.8 Å². The Balaban J connectivity index is 1.32. The third-order valence-corrected chi connectivity index (χ3v) is 7.50. The molecule has 2 N–H and O–H groups in total. The average Bonchev–Trinajstić information content (AvgIpc) is 3.03. The van der Waals surface area contributed by atoms with Crippen LogP contribution in [0.1, 0.15) is 81.3 Å². The highest BCUT2D eigenvalue weighted by atomic mass is 16.5. The number of benzene rings is 3. The van der Waals surface area contributed by atoms with Crippen LogP contribution < -0.4 is 10.1 Å². The highest BCUT2D eigenvalue weighted by Crippen LogP contribution is 2.23. The number of hydrogen-bond acceptors (Lipinski definition) is 6. The number of rotatable bonds is 14. The summed E-state index contributed by atoms with van der Waals surface area (Å²) in [4.78, 5) is 29.2. The van der Waals surface area contributed by atoms with Gasteiger partial charge in [-0.15, -0.1) is 10.2 Å². The zero-order chi connectivity index (χ0) is 31.5. The van der Waals surface area contributed by atoms with Crippen molar-refractivity contribution >= 4 is 11.9 Å². The van der Waals surface area contributed by atoms with Gasteiger partial charge in [-0.2, -0.15) is 0 Å². The van der Waals surface area contributed by atoms with Crippen LogP contribution in [0.25, 0.3) is 22.6 Å². The van der Waals surface area contributed by atoms with Crippen LogP contribution in [0.3, 0.4) is 0 Å². The molecule has 0 saturated carbocycles. The number of ether oxygens (including phenoxy) is 1. The van der Waals surface area contributed by atoms with Gasteiger partial charge in [0.15, 0.2) is 5.82 Å². The van der Waals surface area contributed by atoms with Crippen LogP contribution in [0, 0.1) is 0 Å². The molecule has 8 heteroatoms. The molecular formula is C36H42N4O4. The van der Waals surface area contributed by atoms with E-state index in [1.54, 1.807) is 18.3 Å². The van der Waals surface area contributed by atoms with E-state index in [1.165, 1.54) is 25.7 Å². The molecule has 1 amide bonds. The predicted molar refractivity (Wildman–Crippen MR) is 173 cm³/mol. The molecule has 0 aliphatic rings. The number of nitrogens with one attached hydrogen (secondary N) is 1. The van der Waals surface area contributed by atoms with E-state index in [0.717, 1.165) is 41.0 Å². The van der Waals surface area contributed by atoms with Gasteiger partial charge in [-0.3, -0.25) is 4.79 Å². The first-order valence-electron chi connectivity index (χ1n) is 15.3. The zero-order valence-electron chi connectivity index (χ0n) is 26.0. The summed E-state index contributed by atoms with van der Waals surface area (Å²) in [6.45, 7) is 9.22. The van der Waals surface area contributed by atoms with E-state index < -0.39 is 17.9 Å². The van der Waals surface area contributed by atoms with E-state index >= 15 is 0 Å². The second kappa shape index (κ2) is 15.2. The van der Waals surface area contributed by atoms with Gasteiger partial charge in [-0.25, -0.2) is 9.78 Å². The Hall–Kier alpha value is -4.59. The highest BCUT2D eigenvalue weighted by molar-refractivity contribution is 5.96. The van der Waals surface area contributed by atoms with Gasteiger partial charge in [0.2, 0.25) is 0 Å².